The van der Waals surface area contributed by atoms with Crippen molar-refractivity contribution in [3.63, 3.8) is 0 Å². The number of para-hydroxylation sites is 2. The second kappa shape index (κ2) is 5.11. The number of amides is 1. The van der Waals surface area contributed by atoms with E-state index in [-0.39, 0.29) is 17.4 Å². The van der Waals surface area contributed by atoms with Gasteiger partial charge in [0.25, 0.3) is 5.91 Å². The van der Waals surface area contributed by atoms with E-state index in [1.807, 2.05) is 31.2 Å². The second-order valence-electron chi connectivity index (χ2n) is 6.08. The van der Waals surface area contributed by atoms with Crippen molar-refractivity contribution in [1.29, 1.82) is 0 Å². The van der Waals surface area contributed by atoms with Crippen LogP contribution in [-0.2, 0) is 4.79 Å². The number of anilines is 1. The Bertz CT molecular complexity index is 465. The largest absolute Gasteiger partial charge is 0.477 e. The summed E-state index contributed by atoms with van der Waals surface area (Å²) in [6, 6.07) is 7.76. The third-order valence-corrected chi connectivity index (χ3v) is 3.58. The van der Waals surface area contributed by atoms with Gasteiger partial charge in [-0.2, -0.15) is 0 Å². The average molecular weight is 262 g/mol. The predicted molar refractivity (Wildman–Crippen MR) is 76.4 cm³/mol. The maximum atomic E-state index is 12.2. The number of carbonyl (C=O) groups is 1. The zero-order valence-corrected chi connectivity index (χ0v) is 12.0. The molecule has 0 saturated heterocycles. The van der Waals surface area contributed by atoms with Crippen LogP contribution >= 0.6 is 0 Å². The van der Waals surface area contributed by atoms with Crippen LogP contribution in [0.15, 0.2) is 24.3 Å². The van der Waals surface area contributed by atoms with Gasteiger partial charge in [-0.1, -0.05) is 32.9 Å². The third-order valence-electron chi connectivity index (χ3n) is 3.58. The van der Waals surface area contributed by atoms with E-state index in [1.165, 1.54) is 0 Å². The molecule has 2 N–H and O–H groups in total. The molecule has 1 aromatic carbocycles. The summed E-state index contributed by atoms with van der Waals surface area (Å²) in [4.78, 5) is 12.2. The summed E-state index contributed by atoms with van der Waals surface area (Å²) in [7, 11) is 0. The molecule has 4 heteroatoms. The van der Waals surface area contributed by atoms with Crippen LogP contribution < -0.4 is 15.4 Å². The van der Waals surface area contributed by atoms with E-state index in [0.29, 0.717) is 6.54 Å². The Labute approximate surface area is 114 Å². The molecule has 0 saturated carbocycles. The summed E-state index contributed by atoms with van der Waals surface area (Å²) < 4.78 is 5.73. The molecule has 2 atom stereocenters. The highest BCUT2D eigenvalue weighted by atomic mass is 16.5. The predicted octanol–water partition coefficient (Wildman–Crippen LogP) is 2.41. The Kier molecular flexibility index (Phi) is 3.69. The van der Waals surface area contributed by atoms with Gasteiger partial charge in [-0.25, -0.2) is 0 Å². The molecule has 1 heterocycles. The Hall–Kier alpha value is -1.71. The normalized spacial score (nSPS) is 19.7. The summed E-state index contributed by atoms with van der Waals surface area (Å²) in [6.45, 7) is 8.83. The molecule has 104 valence electrons. The summed E-state index contributed by atoms with van der Waals surface area (Å²) in [5.74, 6) is 0.668. The van der Waals surface area contributed by atoms with E-state index in [0.717, 1.165) is 11.4 Å². The number of ether oxygens (including phenoxy) is 1. The van der Waals surface area contributed by atoms with Crippen LogP contribution in [0.2, 0.25) is 0 Å². The van der Waals surface area contributed by atoms with Gasteiger partial charge < -0.3 is 15.4 Å². The quantitative estimate of drug-likeness (QED) is 0.860. The molecule has 0 bridgehead atoms. The molecule has 1 aromatic rings. The average Bonchev–Trinajstić information content (AvgIpc) is 2.37. The minimum Gasteiger partial charge on any atom is -0.477 e. The Morgan fingerprint density at radius 3 is 2.79 bits per heavy atom. The van der Waals surface area contributed by atoms with Gasteiger partial charge >= 0.3 is 0 Å². The van der Waals surface area contributed by atoms with Crippen LogP contribution in [0.1, 0.15) is 27.7 Å². The van der Waals surface area contributed by atoms with Crippen molar-refractivity contribution < 1.29 is 9.53 Å². The zero-order chi connectivity index (χ0) is 14.0. The smallest absolute Gasteiger partial charge is 0.263 e. The van der Waals surface area contributed by atoms with E-state index >= 15 is 0 Å². The fraction of sp³-hybridized carbons (Fsp3) is 0.533. The number of hydrogen-bond acceptors (Lipinski definition) is 3. The standard InChI is InChI=1S/C15H22N2O2/c1-10(15(2,3)4)17-14(18)13-9-16-11-7-5-6-8-12(11)19-13/h5-8,10,13,16H,9H2,1-4H3,(H,17,18). The zero-order valence-electron chi connectivity index (χ0n) is 12.0. The Balaban J connectivity index is 1.99. The van der Waals surface area contributed by atoms with Gasteiger partial charge in [0, 0.05) is 6.04 Å². The number of fused-ring (bicyclic) bond motifs is 1. The molecule has 4 nitrogen and oxygen atoms in total. The van der Waals surface area contributed by atoms with Crippen LogP contribution in [0, 0.1) is 5.41 Å². The fourth-order valence-corrected chi connectivity index (χ4v) is 1.78. The number of nitrogens with one attached hydrogen (secondary N) is 2. The molecule has 0 spiro atoms. The van der Waals surface area contributed by atoms with E-state index < -0.39 is 6.10 Å². The molecule has 0 aromatic heterocycles. The number of benzene rings is 1. The van der Waals surface area contributed by atoms with Gasteiger partial charge in [0.05, 0.1) is 12.2 Å². The van der Waals surface area contributed by atoms with Crippen molar-refractivity contribution in [3.05, 3.63) is 24.3 Å². The first-order valence-corrected chi connectivity index (χ1v) is 6.68. The van der Waals surface area contributed by atoms with Crippen LogP contribution in [0.5, 0.6) is 5.75 Å². The molecule has 1 aliphatic rings. The molecule has 0 radical (unpaired) electrons. The fourth-order valence-electron chi connectivity index (χ4n) is 1.78. The maximum absolute atomic E-state index is 12.2. The number of rotatable bonds is 2. The highest BCUT2D eigenvalue weighted by Gasteiger charge is 2.29. The Morgan fingerprint density at radius 1 is 1.42 bits per heavy atom. The summed E-state index contributed by atoms with van der Waals surface area (Å²) in [5.41, 5.74) is 0.978. The first-order chi connectivity index (χ1) is 8.88. The van der Waals surface area contributed by atoms with Gasteiger partial charge in [0.15, 0.2) is 6.10 Å². The van der Waals surface area contributed by atoms with E-state index in [1.54, 1.807) is 0 Å². The molecular formula is C15H22N2O2. The van der Waals surface area contributed by atoms with Gasteiger partial charge in [-0.05, 0) is 24.5 Å². The van der Waals surface area contributed by atoms with Crippen molar-refractivity contribution in [2.45, 2.75) is 39.8 Å². The lowest BCUT2D eigenvalue weighted by molar-refractivity contribution is -0.129. The minimum atomic E-state index is -0.473. The SMILES string of the molecule is CC(NC(=O)C1CNc2ccccc2O1)C(C)(C)C. The van der Waals surface area contributed by atoms with Crippen LogP contribution in [0.3, 0.4) is 0 Å². The summed E-state index contributed by atoms with van der Waals surface area (Å²) in [5, 5.41) is 6.24. The van der Waals surface area contributed by atoms with Gasteiger partial charge in [-0.3, -0.25) is 4.79 Å². The maximum Gasteiger partial charge on any atom is 0.263 e. The van der Waals surface area contributed by atoms with E-state index in [4.69, 9.17) is 4.74 Å². The summed E-state index contributed by atoms with van der Waals surface area (Å²) >= 11 is 0. The van der Waals surface area contributed by atoms with Gasteiger partial charge in [0.1, 0.15) is 5.75 Å². The molecule has 2 rings (SSSR count). The van der Waals surface area contributed by atoms with Crippen molar-refractivity contribution >= 4 is 11.6 Å². The molecule has 0 aliphatic carbocycles. The highest BCUT2D eigenvalue weighted by molar-refractivity contribution is 5.83. The van der Waals surface area contributed by atoms with Crippen molar-refractivity contribution in [2.24, 2.45) is 5.41 Å². The highest BCUT2D eigenvalue weighted by Crippen LogP contribution is 2.28. The van der Waals surface area contributed by atoms with E-state index in [9.17, 15) is 4.79 Å². The van der Waals surface area contributed by atoms with Crippen LogP contribution in [0.4, 0.5) is 5.69 Å². The van der Waals surface area contributed by atoms with Crippen molar-refractivity contribution in [1.82, 2.24) is 5.32 Å². The van der Waals surface area contributed by atoms with Crippen molar-refractivity contribution in [3.8, 4) is 5.75 Å². The molecule has 19 heavy (non-hydrogen) atoms. The molecule has 1 aliphatic heterocycles. The molecular weight excluding hydrogens is 240 g/mol. The van der Waals surface area contributed by atoms with E-state index in [2.05, 4.69) is 31.4 Å². The van der Waals surface area contributed by atoms with Crippen molar-refractivity contribution in [2.75, 3.05) is 11.9 Å². The topological polar surface area (TPSA) is 50.4 Å². The van der Waals surface area contributed by atoms with Gasteiger partial charge in [0.2, 0.25) is 0 Å². The summed E-state index contributed by atoms with van der Waals surface area (Å²) in [6.07, 6.45) is -0.473. The Morgan fingerprint density at radius 2 is 2.11 bits per heavy atom. The number of carbonyl (C=O) groups excluding carboxylic acids is 1. The van der Waals surface area contributed by atoms with Gasteiger partial charge in [-0.15, -0.1) is 0 Å². The first kappa shape index (κ1) is 13.7. The second-order valence-corrected chi connectivity index (χ2v) is 6.08. The lowest BCUT2D eigenvalue weighted by Gasteiger charge is -2.31. The monoisotopic (exact) mass is 262 g/mol. The minimum absolute atomic E-state index is 0.0374. The first-order valence-electron chi connectivity index (χ1n) is 6.68. The number of hydrogen-bond donors (Lipinski definition) is 2. The lowest BCUT2D eigenvalue weighted by Crippen LogP contribution is -2.50. The molecule has 1 amide bonds. The van der Waals surface area contributed by atoms with Crippen LogP contribution in [-0.4, -0.2) is 24.6 Å². The third kappa shape index (κ3) is 3.19. The lowest BCUT2D eigenvalue weighted by atomic mass is 9.88. The molecule has 2 unspecified atom stereocenters. The van der Waals surface area contributed by atoms with Crippen LogP contribution in [0.25, 0.3) is 0 Å². The molecule has 0 fully saturated rings.